The van der Waals surface area contributed by atoms with E-state index in [1.54, 1.807) is 43.5 Å². The van der Waals surface area contributed by atoms with Gasteiger partial charge in [-0.2, -0.15) is 13.2 Å². The van der Waals surface area contributed by atoms with Gasteiger partial charge in [0.2, 0.25) is 11.0 Å². The van der Waals surface area contributed by atoms with Crippen molar-refractivity contribution in [3.63, 3.8) is 0 Å². The standard InChI is InChI=1S/C20H19F3N4O2S2/c1-29-16-10-6-5-9-15(16)24-18-25-26-19(31-18)30-12-17(28)27(13-20(21,22)23)11-14-7-3-2-4-8-14/h2-10H,11-13H2,1H3,(H,24,25). The van der Waals surface area contributed by atoms with Crippen LogP contribution in [-0.2, 0) is 11.3 Å². The molecule has 31 heavy (non-hydrogen) atoms. The first-order valence-electron chi connectivity index (χ1n) is 9.09. The van der Waals surface area contributed by atoms with Crippen LogP contribution in [0.1, 0.15) is 5.56 Å². The van der Waals surface area contributed by atoms with Crippen molar-refractivity contribution in [2.24, 2.45) is 0 Å². The minimum Gasteiger partial charge on any atom is -0.495 e. The first-order valence-corrected chi connectivity index (χ1v) is 10.9. The predicted molar refractivity (Wildman–Crippen MR) is 115 cm³/mol. The molecule has 6 nitrogen and oxygen atoms in total. The summed E-state index contributed by atoms with van der Waals surface area (Å²) in [7, 11) is 1.55. The second-order valence-corrected chi connectivity index (χ2v) is 8.54. The van der Waals surface area contributed by atoms with Crippen LogP contribution in [0.4, 0.5) is 24.0 Å². The highest BCUT2D eigenvalue weighted by Gasteiger charge is 2.33. The van der Waals surface area contributed by atoms with Gasteiger partial charge < -0.3 is 15.0 Å². The van der Waals surface area contributed by atoms with Crippen molar-refractivity contribution in [2.75, 3.05) is 24.7 Å². The van der Waals surface area contributed by atoms with E-state index in [4.69, 9.17) is 4.74 Å². The topological polar surface area (TPSA) is 67.3 Å². The van der Waals surface area contributed by atoms with E-state index in [1.165, 1.54) is 11.3 Å². The van der Waals surface area contributed by atoms with Crippen molar-refractivity contribution in [1.29, 1.82) is 0 Å². The van der Waals surface area contributed by atoms with Gasteiger partial charge >= 0.3 is 6.18 Å². The van der Waals surface area contributed by atoms with E-state index in [2.05, 4.69) is 15.5 Å². The Hall–Kier alpha value is -2.79. The number of aromatic nitrogens is 2. The summed E-state index contributed by atoms with van der Waals surface area (Å²) < 4.78 is 44.6. The van der Waals surface area contributed by atoms with Gasteiger partial charge in [0.25, 0.3) is 0 Å². The van der Waals surface area contributed by atoms with Crippen molar-refractivity contribution >= 4 is 39.8 Å². The average Bonchev–Trinajstić information content (AvgIpc) is 3.19. The summed E-state index contributed by atoms with van der Waals surface area (Å²) in [5, 5.41) is 11.6. The highest BCUT2D eigenvalue weighted by atomic mass is 32.2. The molecule has 1 heterocycles. The fraction of sp³-hybridized carbons (Fsp3) is 0.250. The number of hydrogen-bond acceptors (Lipinski definition) is 7. The first kappa shape index (κ1) is 22.9. The zero-order valence-electron chi connectivity index (χ0n) is 16.4. The molecule has 0 bridgehead atoms. The van der Waals surface area contributed by atoms with E-state index in [-0.39, 0.29) is 12.3 Å². The molecule has 0 saturated heterocycles. The Morgan fingerprint density at radius 2 is 1.84 bits per heavy atom. The highest BCUT2D eigenvalue weighted by Crippen LogP contribution is 2.31. The van der Waals surface area contributed by atoms with Crippen molar-refractivity contribution in [3.05, 3.63) is 60.2 Å². The van der Waals surface area contributed by atoms with Crippen LogP contribution < -0.4 is 10.1 Å². The van der Waals surface area contributed by atoms with Crippen LogP contribution in [0.25, 0.3) is 0 Å². The third kappa shape index (κ3) is 7.14. The summed E-state index contributed by atoms with van der Waals surface area (Å²) in [5.74, 6) is -0.168. The van der Waals surface area contributed by atoms with Crippen LogP contribution in [-0.4, -0.2) is 46.6 Å². The summed E-state index contributed by atoms with van der Waals surface area (Å²) in [6.45, 7) is -1.42. The van der Waals surface area contributed by atoms with Crippen LogP contribution >= 0.6 is 23.1 Å². The number of anilines is 2. The Bertz CT molecular complexity index is 999. The van der Waals surface area contributed by atoms with E-state index in [0.29, 0.717) is 26.5 Å². The molecule has 1 N–H and O–H groups in total. The minimum atomic E-state index is -4.48. The number of halogens is 3. The maximum atomic E-state index is 13.0. The van der Waals surface area contributed by atoms with E-state index < -0.39 is 18.6 Å². The average molecular weight is 469 g/mol. The number of nitrogens with one attached hydrogen (secondary N) is 1. The van der Waals surface area contributed by atoms with Crippen molar-refractivity contribution < 1.29 is 22.7 Å². The Balaban J connectivity index is 1.61. The molecule has 3 rings (SSSR count). The molecule has 0 aliphatic carbocycles. The summed E-state index contributed by atoms with van der Waals surface area (Å²) in [5.41, 5.74) is 1.33. The fourth-order valence-electron chi connectivity index (χ4n) is 2.65. The molecule has 0 aliphatic heterocycles. The van der Waals surface area contributed by atoms with Crippen LogP contribution in [0.2, 0.25) is 0 Å². The lowest BCUT2D eigenvalue weighted by Gasteiger charge is -2.23. The molecule has 0 atom stereocenters. The molecule has 0 spiro atoms. The molecule has 0 unspecified atom stereocenters. The van der Waals surface area contributed by atoms with E-state index in [0.717, 1.165) is 16.7 Å². The zero-order valence-corrected chi connectivity index (χ0v) is 18.1. The van der Waals surface area contributed by atoms with Gasteiger partial charge in [0.15, 0.2) is 4.34 Å². The second-order valence-electron chi connectivity index (χ2n) is 6.34. The number of carbonyl (C=O) groups excluding carboxylic acids is 1. The number of benzene rings is 2. The number of ether oxygens (including phenoxy) is 1. The Labute approximate surface area is 185 Å². The van der Waals surface area contributed by atoms with Crippen LogP contribution in [0, 0.1) is 0 Å². The molecule has 164 valence electrons. The van der Waals surface area contributed by atoms with Crippen molar-refractivity contribution in [2.45, 2.75) is 17.1 Å². The summed E-state index contributed by atoms with van der Waals surface area (Å²) >= 11 is 2.25. The first-order chi connectivity index (χ1) is 14.8. The molecule has 3 aromatic rings. The third-order valence-electron chi connectivity index (χ3n) is 4.01. The van der Waals surface area contributed by atoms with E-state index >= 15 is 0 Å². The minimum absolute atomic E-state index is 0.115. The molecule has 1 aromatic heterocycles. The van der Waals surface area contributed by atoms with Gasteiger partial charge in [0.1, 0.15) is 12.3 Å². The molecular formula is C20H19F3N4O2S2. The molecule has 1 amide bonds. The van der Waals surface area contributed by atoms with Crippen molar-refractivity contribution in [3.8, 4) is 5.75 Å². The molecule has 0 fully saturated rings. The van der Waals surface area contributed by atoms with Crippen LogP contribution in [0.3, 0.4) is 0 Å². The van der Waals surface area contributed by atoms with Crippen LogP contribution in [0.15, 0.2) is 58.9 Å². The van der Waals surface area contributed by atoms with Crippen LogP contribution in [0.5, 0.6) is 5.75 Å². The van der Waals surface area contributed by atoms with Gasteiger partial charge in [-0.05, 0) is 17.7 Å². The number of methoxy groups -OCH3 is 1. The van der Waals surface area contributed by atoms with Gasteiger partial charge in [0, 0.05) is 6.54 Å². The molecule has 11 heteroatoms. The Morgan fingerprint density at radius 1 is 1.13 bits per heavy atom. The summed E-state index contributed by atoms with van der Waals surface area (Å²) in [6.07, 6.45) is -4.48. The predicted octanol–water partition coefficient (Wildman–Crippen LogP) is 4.97. The smallest absolute Gasteiger partial charge is 0.406 e. The van der Waals surface area contributed by atoms with Crippen molar-refractivity contribution in [1.82, 2.24) is 15.1 Å². The number of alkyl halides is 3. The molecular weight excluding hydrogens is 449 g/mol. The zero-order chi connectivity index (χ0) is 22.3. The van der Waals surface area contributed by atoms with Gasteiger partial charge in [-0.3, -0.25) is 4.79 Å². The second kappa shape index (κ2) is 10.5. The van der Waals surface area contributed by atoms with E-state index in [1.807, 2.05) is 18.2 Å². The Morgan fingerprint density at radius 3 is 2.55 bits per heavy atom. The summed E-state index contributed by atoms with van der Waals surface area (Å²) in [6, 6.07) is 15.8. The quantitative estimate of drug-likeness (QED) is 0.447. The maximum absolute atomic E-state index is 13.0. The van der Waals surface area contributed by atoms with Gasteiger partial charge in [0.05, 0.1) is 18.6 Å². The van der Waals surface area contributed by atoms with E-state index in [9.17, 15) is 18.0 Å². The molecule has 0 radical (unpaired) electrons. The Kier molecular flexibility index (Phi) is 7.75. The number of amides is 1. The number of thioether (sulfide) groups is 1. The molecule has 0 saturated carbocycles. The number of nitrogens with zero attached hydrogens (tertiary/aromatic N) is 3. The maximum Gasteiger partial charge on any atom is 0.406 e. The number of hydrogen-bond donors (Lipinski definition) is 1. The number of para-hydroxylation sites is 2. The number of rotatable bonds is 9. The number of carbonyl (C=O) groups is 1. The lowest BCUT2D eigenvalue weighted by atomic mass is 10.2. The largest absolute Gasteiger partial charge is 0.495 e. The van der Waals surface area contributed by atoms with Gasteiger partial charge in [-0.25, -0.2) is 0 Å². The molecule has 0 aliphatic rings. The normalized spacial score (nSPS) is 11.2. The third-order valence-corrected chi connectivity index (χ3v) is 5.97. The van der Waals surface area contributed by atoms with Gasteiger partial charge in [-0.15, -0.1) is 10.2 Å². The fourth-order valence-corrected chi connectivity index (χ4v) is 4.32. The lowest BCUT2D eigenvalue weighted by Crippen LogP contribution is -2.39. The lowest BCUT2D eigenvalue weighted by molar-refractivity contribution is -0.160. The summed E-state index contributed by atoms with van der Waals surface area (Å²) in [4.78, 5) is 13.3. The SMILES string of the molecule is COc1ccccc1Nc1nnc(SCC(=O)N(Cc2ccccc2)CC(F)(F)F)s1. The molecule has 2 aromatic carbocycles. The monoisotopic (exact) mass is 468 g/mol. The van der Waals surface area contributed by atoms with Gasteiger partial charge in [-0.1, -0.05) is 65.6 Å². The highest BCUT2D eigenvalue weighted by molar-refractivity contribution is 8.01.